The summed E-state index contributed by atoms with van der Waals surface area (Å²) in [6.45, 7) is 8.28. The minimum absolute atomic E-state index is 0.0158. The molecule has 4 rings (SSSR count). The van der Waals surface area contributed by atoms with Crippen LogP contribution in [0.4, 0.5) is 5.69 Å². The molecule has 30 heavy (non-hydrogen) atoms. The van der Waals surface area contributed by atoms with Gasteiger partial charge < -0.3 is 14.6 Å². The number of esters is 1. The summed E-state index contributed by atoms with van der Waals surface area (Å²) in [4.78, 5) is 33.3. The molecule has 1 fully saturated rings. The lowest BCUT2D eigenvalue weighted by molar-refractivity contribution is 0.0526. The van der Waals surface area contributed by atoms with Crippen molar-refractivity contribution in [3.8, 4) is 0 Å². The Morgan fingerprint density at radius 1 is 1.07 bits per heavy atom. The summed E-state index contributed by atoms with van der Waals surface area (Å²) in [5, 5.41) is 0.532. The lowest BCUT2D eigenvalue weighted by Gasteiger charge is -2.36. The quantitative estimate of drug-likeness (QED) is 0.660. The Morgan fingerprint density at radius 2 is 1.80 bits per heavy atom. The third-order valence-corrected chi connectivity index (χ3v) is 5.70. The van der Waals surface area contributed by atoms with E-state index in [2.05, 4.69) is 39.0 Å². The van der Waals surface area contributed by atoms with E-state index in [1.165, 1.54) is 5.69 Å². The Balaban J connectivity index is 1.54. The molecular weight excluding hydrogens is 378 g/mol. The molecule has 3 aromatic rings. The highest BCUT2D eigenvalue weighted by Crippen LogP contribution is 2.19. The third kappa shape index (κ3) is 4.09. The first-order chi connectivity index (χ1) is 14.6. The van der Waals surface area contributed by atoms with E-state index in [-0.39, 0.29) is 5.43 Å². The average Bonchev–Trinajstić information content (AvgIpc) is 2.77. The van der Waals surface area contributed by atoms with Crippen molar-refractivity contribution >= 4 is 22.6 Å². The number of aromatic amines is 1. The average molecular weight is 405 g/mol. The monoisotopic (exact) mass is 405 g/mol. The van der Waals surface area contributed by atoms with Gasteiger partial charge in [-0.3, -0.25) is 9.69 Å². The maximum absolute atomic E-state index is 13.2. The Kier molecular flexibility index (Phi) is 5.86. The third-order valence-electron chi connectivity index (χ3n) is 5.70. The first-order valence-corrected chi connectivity index (χ1v) is 10.4. The number of hydrogen-bond acceptors (Lipinski definition) is 5. The highest BCUT2D eigenvalue weighted by molar-refractivity contribution is 5.94. The van der Waals surface area contributed by atoms with Crippen molar-refractivity contribution < 1.29 is 9.53 Å². The van der Waals surface area contributed by atoms with E-state index in [4.69, 9.17) is 4.74 Å². The number of carbonyl (C=O) groups is 1. The SMILES string of the molecule is CCOC(=O)c1ccc2[nH]c(C)c(CN3CCN(c4ccccc4)CC3)c(=O)c2c1. The summed E-state index contributed by atoms with van der Waals surface area (Å²) in [6.07, 6.45) is 0. The molecule has 0 spiro atoms. The number of ether oxygens (including phenoxy) is 1. The molecule has 1 aliphatic heterocycles. The maximum atomic E-state index is 13.2. The molecule has 0 radical (unpaired) electrons. The van der Waals surface area contributed by atoms with Gasteiger partial charge in [-0.25, -0.2) is 4.79 Å². The van der Waals surface area contributed by atoms with Crippen LogP contribution in [-0.2, 0) is 11.3 Å². The fourth-order valence-electron chi connectivity index (χ4n) is 4.01. The lowest BCUT2D eigenvalue weighted by Crippen LogP contribution is -2.46. The van der Waals surface area contributed by atoms with Crippen molar-refractivity contribution in [3.05, 3.63) is 75.6 Å². The highest BCUT2D eigenvalue weighted by atomic mass is 16.5. The number of piperazine rings is 1. The van der Waals surface area contributed by atoms with Crippen LogP contribution in [-0.4, -0.2) is 48.6 Å². The number of aryl methyl sites for hydroxylation is 1. The minimum atomic E-state index is -0.405. The number of hydrogen-bond donors (Lipinski definition) is 1. The molecule has 1 saturated heterocycles. The predicted octanol–water partition coefficient (Wildman–Crippen LogP) is 3.34. The Labute approximate surface area is 176 Å². The van der Waals surface area contributed by atoms with E-state index in [0.717, 1.165) is 43.0 Å². The van der Waals surface area contributed by atoms with Gasteiger partial charge >= 0.3 is 5.97 Å². The summed E-state index contributed by atoms with van der Waals surface area (Å²) in [5.41, 5.74) is 4.00. The van der Waals surface area contributed by atoms with Crippen molar-refractivity contribution in [1.29, 1.82) is 0 Å². The van der Waals surface area contributed by atoms with Gasteiger partial charge in [-0.2, -0.15) is 0 Å². The number of aromatic nitrogens is 1. The van der Waals surface area contributed by atoms with Gasteiger partial charge in [-0.15, -0.1) is 0 Å². The zero-order valence-corrected chi connectivity index (χ0v) is 17.5. The van der Waals surface area contributed by atoms with Gasteiger partial charge in [0.05, 0.1) is 12.2 Å². The molecule has 6 nitrogen and oxygen atoms in total. The zero-order chi connectivity index (χ0) is 21.1. The molecule has 1 aromatic heterocycles. The summed E-state index contributed by atoms with van der Waals surface area (Å²) >= 11 is 0. The molecule has 0 aliphatic carbocycles. The molecule has 1 aliphatic rings. The second-order valence-electron chi connectivity index (χ2n) is 7.64. The molecule has 156 valence electrons. The van der Waals surface area contributed by atoms with Crippen LogP contribution < -0.4 is 10.3 Å². The van der Waals surface area contributed by atoms with Crippen LogP contribution in [0.5, 0.6) is 0 Å². The first-order valence-electron chi connectivity index (χ1n) is 10.4. The summed E-state index contributed by atoms with van der Waals surface area (Å²) < 4.78 is 5.07. The van der Waals surface area contributed by atoms with Gasteiger partial charge in [-0.05, 0) is 44.2 Å². The van der Waals surface area contributed by atoms with E-state index >= 15 is 0 Å². The maximum Gasteiger partial charge on any atom is 0.338 e. The van der Waals surface area contributed by atoms with Gasteiger partial charge in [-0.1, -0.05) is 18.2 Å². The number of carbonyl (C=O) groups excluding carboxylic acids is 1. The summed E-state index contributed by atoms with van der Waals surface area (Å²) in [6, 6.07) is 15.5. The zero-order valence-electron chi connectivity index (χ0n) is 17.5. The van der Waals surface area contributed by atoms with E-state index in [0.29, 0.717) is 24.1 Å². The van der Waals surface area contributed by atoms with E-state index in [1.54, 1.807) is 25.1 Å². The van der Waals surface area contributed by atoms with E-state index < -0.39 is 5.97 Å². The van der Waals surface area contributed by atoms with Crippen molar-refractivity contribution in [3.63, 3.8) is 0 Å². The van der Waals surface area contributed by atoms with Crippen molar-refractivity contribution in [2.24, 2.45) is 0 Å². The molecule has 0 amide bonds. The molecule has 2 aromatic carbocycles. The molecule has 0 atom stereocenters. The number of fused-ring (bicyclic) bond motifs is 1. The van der Waals surface area contributed by atoms with Gasteiger partial charge in [0.25, 0.3) is 0 Å². The van der Waals surface area contributed by atoms with Crippen molar-refractivity contribution in [2.45, 2.75) is 20.4 Å². The van der Waals surface area contributed by atoms with Crippen LogP contribution in [0.1, 0.15) is 28.5 Å². The highest BCUT2D eigenvalue weighted by Gasteiger charge is 2.20. The largest absolute Gasteiger partial charge is 0.462 e. The van der Waals surface area contributed by atoms with Gasteiger partial charge in [0.1, 0.15) is 0 Å². The normalized spacial score (nSPS) is 14.8. The van der Waals surface area contributed by atoms with Crippen LogP contribution in [0.15, 0.2) is 53.3 Å². The fraction of sp³-hybridized carbons (Fsp3) is 0.333. The van der Waals surface area contributed by atoms with Crippen LogP contribution in [0, 0.1) is 6.92 Å². The number of benzene rings is 2. The van der Waals surface area contributed by atoms with E-state index in [1.807, 2.05) is 13.0 Å². The Hall–Kier alpha value is -3.12. The predicted molar refractivity (Wildman–Crippen MR) is 119 cm³/mol. The Morgan fingerprint density at radius 3 is 2.50 bits per heavy atom. The smallest absolute Gasteiger partial charge is 0.338 e. The number of rotatable bonds is 5. The fourth-order valence-corrected chi connectivity index (χ4v) is 4.01. The van der Waals surface area contributed by atoms with E-state index in [9.17, 15) is 9.59 Å². The number of H-pyrrole nitrogens is 1. The number of pyridine rings is 1. The topological polar surface area (TPSA) is 65.6 Å². The van der Waals surface area contributed by atoms with Crippen LogP contribution in [0.25, 0.3) is 10.9 Å². The number of nitrogens with zero attached hydrogens (tertiary/aromatic N) is 2. The molecule has 6 heteroatoms. The minimum Gasteiger partial charge on any atom is -0.462 e. The molecular formula is C24H27N3O3. The number of nitrogens with one attached hydrogen (secondary N) is 1. The van der Waals surface area contributed by atoms with Crippen LogP contribution >= 0.6 is 0 Å². The molecule has 2 heterocycles. The number of anilines is 1. The van der Waals surface area contributed by atoms with Crippen molar-refractivity contribution in [1.82, 2.24) is 9.88 Å². The first kappa shape index (κ1) is 20.2. The molecule has 0 saturated carbocycles. The molecule has 1 N–H and O–H groups in total. The van der Waals surface area contributed by atoms with Gasteiger partial charge in [0.15, 0.2) is 5.43 Å². The molecule has 0 bridgehead atoms. The van der Waals surface area contributed by atoms with Crippen molar-refractivity contribution in [2.75, 3.05) is 37.7 Å². The Bertz CT molecular complexity index is 1100. The second kappa shape index (κ2) is 8.71. The lowest BCUT2D eigenvalue weighted by atomic mass is 10.1. The summed E-state index contributed by atoms with van der Waals surface area (Å²) in [5.74, 6) is -0.405. The summed E-state index contributed by atoms with van der Waals surface area (Å²) in [7, 11) is 0. The van der Waals surface area contributed by atoms with Gasteiger partial charge in [0, 0.05) is 60.6 Å². The van der Waals surface area contributed by atoms with Crippen LogP contribution in [0.2, 0.25) is 0 Å². The second-order valence-corrected chi connectivity index (χ2v) is 7.64. The number of para-hydroxylation sites is 1. The standard InChI is InChI=1S/C24H27N3O3/c1-3-30-24(29)18-9-10-22-20(15-18)23(28)21(17(2)25-22)16-26-11-13-27(14-12-26)19-7-5-4-6-8-19/h4-10,15H,3,11-14,16H2,1-2H3,(H,25,28). The van der Waals surface area contributed by atoms with Gasteiger partial charge in [0.2, 0.25) is 0 Å². The van der Waals surface area contributed by atoms with Crippen LogP contribution in [0.3, 0.4) is 0 Å². The molecule has 0 unspecified atom stereocenters.